The number of ether oxygens (including phenoxy) is 2. The highest BCUT2D eigenvalue weighted by Gasteiger charge is 2.17. The van der Waals surface area contributed by atoms with Crippen LogP contribution in [0.4, 0.5) is 0 Å². The highest BCUT2D eigenvalue weighted by Crippen LogP contribution is 2.28. The summed E-state index contributed by atoms with van der Waals surface area (Å²) in [6.07, 6.45) is 1.94. The molecule has 1 saturated heterocycles. The fourth-order valence-electron chi connectivity index (χ4n) is 2.32. The zero-order valence-electron chi connectivity index (χ0n) is 12.5. The molecule has 0 unspecified atom stereocenters. The second kappa shape index (κ2) is 8.74. The van der Waals surface area contributed by atoms with E-state index in [1.807, 2.05) is 6.92 Å². The van der Waals surface area contributed by atoms with Crippen LogP contribution in [0.5, 0.6) is 11.5 Å². The number of hydrogen-bond acceptors (Lipinski definition) is 4. The summed E-state index contributed by atoms with van der Waals surface area (Å²) in [4.78, 5) is 12.2. The first kappa shape index (κ1) is 17.6. The zero-order chi connectivity index (χ0) is 14.4. The van der Waals surface area contributed by atoms with Gasteiger partial charge in [0.1, 0.15) is 0 Å². The first-order valence-electron chi connectivity index (χ1n) is 7.07. The van der Waals surface area contributed by atoms with E-state index < -0.39 is 0 Å². The van der Waals surface area contributed by atoms with Gasteiger partial charge in [-0.25, -0.2) is 0 Å². The Morgan fingerprint density at radius 2 is 2.05 bits per heavy atom. The fourth-order valence-corrected chi connectivity index (χ4v) is 2.32. The van der Waals surface area contributed by atoms with E-state index in [1.165, 1.54) is 0 Å². The molecule has 2 N–H and O–H groups in total. The molecule has 1 aliphatic heterocycles. The molecular weight excluding hydrogens is 292 g/mol. The van der Waals surface area contributed by atoms with Gasteiger partial charge in [0.05, 0.1) is 13.7 Å². The minimum atomic E-state index is -0.0572. The lowest BCUT2D eigenvalue weighted by atomic mass is 10.1. The Balaban J connectivity index is 0.00000220. The second-order valence-corrected chi connectivity index (χ2v) is 4.80. The number of methoxy groups -OCH3 is 1. The Kier molecular flexibility index (Phi) is 7.32. The fraction of sp³-hybridized carbons (Fsp3) is 0.533. The molecule has 2 rings (SSSR count). The minimum absolute atomic E-state index is 0. The van der Waals surface area contributed by atoms with Crippen molar-refractivity contribution in [1.29, 1.82) is 0 Å². The normalized spacial score (nSPS) is 15.0. The van der Waals surface area contributed by atoms with Crippen molar-refractivity contribution in [2.24, 2.45) is 0 Å². The van der Waals surface area contributed by atoms with Crippen molar-refractivity contribution in [2.45, 2.75) is 25.8 Å². The molecule has 1 aromatic rings. The van der Waals surface area contributed by atoms with Crippen molar-refractivity contribution in [3.63, 3.8) is 0 Å². The number of halogens is 1. The van der Waals surface area contributed by atoms with Crippen LogP contribution in [0.1, 0.15) is 30.1 Å². The summed E-state index contributed by atoms with van der Waals surface area (Å²) in [6, 6.07) is 5.52. The number of carbonyl (C=O) groups is 1. The molecule has 1 aliphatic rings. The van der Waals surface area contributed by atoms with Gasteiger partial charge in [0.25, 0.3) is 5.91 Å². The molecule has 5 nitrogen and oxygen atoms in total. The van der Waals surface area contributed by atoms with Crippen LogP contribution in [0, 0.1) is 0 Å². The third-order valence-corrected chi connectivity index (χ3v) is 3.40. The number of benzene rings is 1. The topological polar surface area (TPSA) is 59.6 Å². The highest BCUT2D eigenvalue weighted by molar-refractivity contribution is 5.95. The van der Waals surface area contributed by atoms with E-state index in [0.717, 1.165) is 25.9 Å². The third kappa shape index (κ3) is 4.79. The molecule has 21 heavy (non-hydrogen) atoms. The average Bonchev–Trinajstić information content (AvgIpc) is 2.49. The number of carbonyl (C=O) groups excluding carboxylic acids is 1. The van der Waals surface area contributed by atoms with Crippen LogP contribution < -0.4 is 20.1 Å². The lowest BCUT2D eigenvalue weighted by molar-refractivity contribution is 0.0929. The number of amides is 1. The standard InChI is InChI=1S/C15H22N2O3.ClH/c1-3-20-13-5-4-11(10-14(13)19-2)15(18)17-12-6-8-16-9-7-12;/h4-5,10,12,16H,3,6-9H2,1-2H3,(H,17,18);1H. The number of piperidine rings is 1. The number of hydrogen-bond donors (Lipinski definition) is 2. The lowest BCUT2D eigenvalue weighted by Crippen LogP contribution is -2.42. The SMILES string of the molecule is CCOc1ccc(C(=O)NC2CCNCC2)cc1OC.Cl. The molecule has 118 valence electrons. The van der Waals surface area contributed by atoms with Gasteiger partial charge in [-0.05, 0) is 51.1 Å². The molecule has 0 radical (unpaired) electrons. The van der Waals surface area contributed by atoms with Gasteiger partial charge in [0.15, 0.2) is 11.5 Å². The van der Waals surface area contributed by atoms with Gasteiger partial charge in [-0.1, -0.05) is 0 Å². The zero-order valence-corrected chi connectivity index (χ0v) is 13.3. The van der Waals surface area contributed by atoms with E-state index >= 15 is 0 Å². The summed E-state index contributed by atoms with van der Waals surface area (Å²) in [7, 11) is 1.58. The Morgan fingerprint density at radius 3 is 2.67 bits per heavy atom. The Bertz CT molecular complexity index is 462. The molecule has 1 amide bonds. The number of nitrogens with one attached hydrogen (secondary N) is 2. The van der Waals surface area contributed by atoms with Crippen molar-refractivity contribution < 1.29 is 14.3 Å². The molecule has 1 aromatic carbocycles. The molecule has 6 heteroatoms. The Hall–Kier alpha value is -1.46. The molecule has 0 aromatic heterocycles. The van der Waals surface area contributed by atoms with Crippen LogP contribution in [0.25, 0.3) is 0 Å². The van der Waals surface area contributed by atoms with E-state index in [4.69, 9.17) is 9.47 Å². The summed E-state index contributed by atoms with van der Waals surface area (Å²) in [5, 5.41) is 6.34. The first-order valence-corrected chi connectivity index (χ1v) is 7.07. The summed E-state index contributed by atoms with van der Waals surface area (Å²) >= 11 is 0. The predicted octanol–water partition coefficient (Wildman–Crippen LogP) is 2.00. The van der Waals surface area contributed by atoms with E-state index in [1.54, 1.807) is 25.3 Å². The highest BCUT2D eigenvalue weighted by atomic mass is 35.5. The van der Waals surface area contributed by atoms with E-state index in [-0.39, 0.29) is 24.4 Å². The van der Waals surface area contributed by atoms with Gasteiger partial charge in [0.2, 0.25) is 0 Å². The van der Waals surface area contributed by atoms with Crippen LogP contribution in [0.15, 0.2) is 18.2 Å². The first-order chi connectivity index (χ1) is 9.74. The summed E-state index contributed by atoms with van der Waals surface area (Å²) in [5.41, 5.74) is 0.601. The number of rotatable bonds is 5. The van der Waals surface area contributed by atoms with Crippen LogP contribution in [-0.2, 0) is 0 Å². The molecule has 0 saturated carbocycles. The Labute approximate surface area is 131 Å². The van der Waals surface area contributed by atoms with E-state index in [9.17, 15) is 4.79 Å². The largest absolute Gasteiger partial charge is 0.493 e. The van der Waals surface area contributed by atoms with Gasteiger partial charge < -0.3 is 20.1 Å². The summed E-state index contributed by atoms with van der Waals surface area (Å²) < 4.78 is 10.7. The molecule has 0 aliphatic carbocycles. The van der Waals surface area contributed by atoms with Crippen LogP contribution in [0.2, 0.25) is 0 Å². The maximum absolute atomic E-state index is 12.2. The van der Waals surface area contributed by atoms with Gasteiger partial charge in [-0.15, -0.1) is 12.4 Å². The molecule has 0 bridgehead atoms. The maximum Gasteiger partial charge on any atom is 0.251 e. The molecule has 1 heterocycles. The minimum Gasteiger partial charge on any atom is -0.493 e. The van der Waals surface area contributed by atoms with Gasteiger partial charge in [0, 0.05) is 11.6 Å². The quantitative estimate of drug-likeness (QED) is 0.872. The molecule has 0 spiro atoms. The Morgan fingerprint density at radius 1 is 1.33 bits per heavy atom. The van der Waals surface area contributed by atoms with E-state index in [2.05, 4.69) is 10.6 Å². The summed E-state index contributed by atoms with van der Waals surface area (Å²) in [5.74, 6) is 1.19. The van der Waals surface area contributed by atoms with Crippen molar-refractivity contribution >= 4 is 18.3 Å². The van der Waals surface area contributed by atoms with E-state index in [0.29, 0.717) is 23.7 Å². The van der Waals surface area contributed by atoms with Gasteiger partial charge in [-0.3, -0.25) is 4.79 Å². The smallest absolute Gasteiger partial charge is 0.251 e. The average molecular weight is 315 g/mol. The molecule has 0 atom stereocenters. The van der Waals surface area contributed by atoms with Crippen LogP contribution in [-0.4, -0.2) is 38.8 Å². The lowest BCUT2D eigenvalue weighted by Gasteiger charge is -2.23. The summed E-state index contributed by atoms with van der Waals surface area (Å²) in [6.45, 7) is 4.39. The van der Waals surface area contributed by atoms with Crippen molar-refractivity contribution in [1.82, 2.24) is 10.6 Å². The van der Waals surface area contributed by atoms with Crippen LogP contribution >= 0.6 is 12.4 Å². The molecule has 1 fully saturated rings. The van der Waals surface area contributed by atoms with Crippen molar-refractivity contribution in [2.75, 3.05) is 26.8 Å². The van der Waals surface area contributed by atoms with Crippen molar-refractivity contribution in [3.8, 4) is 11.5 Å². The molecular formula is C15H23ClN2O3. The third-order valence-electron chi connectivity index (χ3n) is 3.40. The maximum atomic E-state index is 12.2. The monoisotopic (exact) mass is 314 g/mol. The van der Waals surface area contributed by atoms with Gasteiger partial charge in [-0.2, -0.15) is 0 Å². The van der Waals surface area contributed by atoms with Crippen LogP contribution in [0.3, 0.4) is 0 Å². The van der Waals surface area contributed by atoms with Crippen molar-refractivity contribution in [3.05, 3.63) is 23.8 Å². The second-order valence-electron chi connectivity index (χ2n) is 4.80. The van der Waals surface area contributed by atoms with Gasteiger partial charge >= 0.3 is 0 Å². The predicted molar refractivity (Wildman–Crippen MR) is 84.8 cm³/mol.